The van der Waals surface area contributed by atoms with Gasteiger partial charge in [0.1, 0.15) is 11.3 Å². The molecular weight excluding hydrogens is 448 g/mol. The number of fused-ring (bicyclic) bond motifs is 1. The number of ketones is 1. The molecule has 4 rings (SSSR count). The summed E-state index contributed by atoms with van der Waals surface area (Å²) in [5.41, 5.74) is 2.11. The van der Waals surface area contributed by atoms with Crippen LogP contribution in [-0.2, 0) is 9.59 Å². The van der Waals surface area contributed by atoms with Crippen molar-refractivity contribution in [3.63, 3.8) is 0 Å². The monoisotopic (exact) mass is 478 g/mol. The Morgan fingerprint density at radius 1 is 1.11 bits per heavy atom. The molecule has 0 saturated carbocycles. The molecule has 35 heavy (non-hydrogen) atoms. The summed E-state index contributed by atoms with van der Waals surface area (Å²) < 4.78 is 12.8. The Labute approximate surface area is 204 Å². The number of likely N-dealkylation sites (tertiary alicyclic amines) is 1. The second-order valence-corrected chi connectivity index (χ2v) is 8.71. The molecule has 0 unspecified atom stereocenters. The van der Waals surface area contributed by atoms with Crippen molar-refractivity contribution >= 4 is 23.1 Å². The molecule has 1 aromatic carbocycles. The standard InChI is InChI=1S/C26H30N4O5/c1-16-21(29-14-7-6-12-19(29)27-16)23(31)20-22(17-10-8-11-18(34-4)25(17)35-5)30(26(33)24(20)32)15-9-13-28(2)3/h6-8,10-12,14,22,31H,9,13,15H2,1-5H3/t22-/m0/s1. The molecular formula is C26H30N4O5. The van der Waals surface area contributed by atoms with E-state index in [9.17, 15) is 14.7 Å². The summed E-state index contributed by atoms with van der Waals surface area (Å²) in [4.78, 5) is 34.7. The normalized spacial score (nSPS) is 17.5. The van der Waals surface area contributed by atoms with E-state index in [-0.39, 0.29) is 11.3 Å². The number of hydrogen-bond donors (Lipinski definition) is 1. The number of aliphatic hydroxyl groups is 1. The van der Waals surface area contributed by atoms with E-state index in [1.165, 1.54) is 19.1 Å². The number of aromatic nitrogens is 2. The number of pyridine rings is 1. The molecule has 9 heteroatoms. The number of ether oxygens (including phenoxy) is 2. The molecule has 1 aliphatic heterocycles. The Kier molecular flexibility index (Phi) is 6.79. The number of aliphatic hydroxyl groups excluding tert-OH is 1. The minimum Gasteiger partial charge on any atom is -0.505 e. The molecule has 1 fully saturated rings. The number of carbonyl (C=O) groups is 2. The predicted octanol–water partition coefficient (Wildman–Crippen LogP) is 3.03. The lowest BCUT2D eigenvalue weighted by Gasteiger charge is -2.27. The number of benzene rings is 1. The van der Waals surface area contributed by atoms with Crippen molar-refractivity contribution in [2.75, 3.05) is 41.4 Å². The molecule has 0 bridgehead atoms. The van der Waals surface area contributed by atoms with Gasteiger partial charge < -0.3 is 24.4 Å². The van der Waals surface area contributed by atoms with Crippen molar-refractivity contribution in [3.05, 3.63) is 65.1 Å². The Hall–Kier alpha value is -3.85. The summed E-state index contributed by atoms with van der Waals surface area (Å²) >= 11 is 0. The van der Waals surface area contributed by atoms with Gasteiger partial charge in [-0.25, -0.2) is 4.98 Å². The third-order valence-corrected chi connectivity index (χ3v) is 6.20. The zero-order valence-corrected chi connectivity index (χ0v) is 20.6. The zero-order valence-electron chi connectivity index (χ0n) is 20.6. The number of amides is 1. The number of rotatable bonds is 8. The summed E-state index contributed by atoms with van der Waals surface area (Å²) in [6.45, 7) is 2.82. The van der Waals surface area contributed by atoms with Crippen LogP contribution in [0.3, 0.4) is 0 Å². The Morgan fingerprint density at radius 3 is 2.57 bits per heavy atom. The number of nitrogens with zero attached hydrogens (tertiary/aromatic N) is 4. The minimum atomic E-state index is -0.851. The van der Waals surface area contributed by atoms with E-state index in [1.54, 1.807) is 35.7 Å². The van der Waals surface area contributed by atoms with Crippen molar-refractivity contribution in [1.82, 2.24) is 19.2 Å². The van der Waals surface area contributed by atoms with E-state index < -0.39 is 17.7 Å². The molecule has 1 atom stereocenters. The molecule has 3 heterocycles. The van der Waals surface area contributed by atoms with Crippen LogP contribution in [-0.4, -0.2) is 77.4 Å². The fourth-order valence-corrected chi connectivity index (χ4v) is 4.64. The molecule has 2 aromatic heterocycles. The highest BCUT2D eigenvalue weighted by atomic mass is 16.5. The topological polar surface area (TPSA) is 96.6 Å². The average Bonchev–Trinajstić information content (AvgIpc) is 3.31. The maximum Gasteiger partial charge on any atom is 0.295 e. The van der Waals surface area contributed by atoms with Gasteiger partial charge in [0.15, 0.2) is 17.3 Å². The highest BCUT2D eigenvalue weighted by molar-refractivity contribution is 6.46. The Morgan fingerprint density at radius 2 is 1.89 bits per heavy atom. The van der Waals surface area contributed by atoms with Gasteiger partial charge in [-0.1, -0.05) is 18.2 Å². The maximum atomic E-state index is 13.4. The van der Waals surface area contributed by atoms with Crippen LogP contribution in [0.4, 0.5) is 0 Å². The molecule has 184 valence electrons. The number of Topliss-reactive ketones (excluding diaryl/α,β-unsaturated/α-hetero) is 1. The van der Waals surface area contributed by atoms with Gasteiger partial charge in [0.25, 0.3) is 11.7 Å². The molecule has 0 radical (unpaired) electrons. The lowest BCUT2D eigenvalue weighted by molar-refractivity contribution is -0.140. The molecule has 0 aliphatic carbocycles. The van der Waals surface area contributed by atoms with Gasteiger partial charge in [0.2, 0.25) is 0 Å². The first kappa shape index (κ1) is 24.3. The maximum absolute atomic E-state index is 13.4. The van der Waals surface area contributed by atoms with E-state index in [4.69, 9.17) is 9.47 Å². The Balaban J connectivity index is 1.95. The van der Waals surface area contributed by atoms with Gasteiger partial charge in [-0.2, -0.15) is 0 Å². The third-order valence-electron chi connectivity index (χ3n) is 6.20. The summed E-state index contributed by atoms with van der Waals surface area (Å²) in [6, 6.07) is 9.92. The van der Waals surface area contributed by atoms with E-state index in [0.717, 1.165) is 6.54 Å². The molecule has 1 saturated heterocycles. The SMILES string of the molecule is COc1cccc([C@H]2C(=C(O)c3c(C)nc4ccccn34)C(=O)C(=O)N2CCCN(C)C)c1OC. The van der Waals surface area contributed by atoms with Crippen LogP contribution < -0.4 is 9.47 Å². The van der Waals surface area contributed by atoms with Crippen LogP contribution in [0.2, 0.25) is 0 Å². The van der Waals surface area contributed by atoms with Gasteiger partial charge >= 0.3 is 0 Å². The quantitative estimate of drug-likeness (QED) is 0.302. The summed E-state index contributed by atoms with van der Waals surface area (Å²) in [6.07, 6.45) is 2.41. The molecule has 3 aromatic rings. The highest BCUT2D eigenvalue weighted by Gasteiger charge is 2.47. The number of para-hydroxylation sites is 1. The first-order valence-corrected chi connectivity index (χ1v) is 11.4. The molecule has 1 N–H and O–H groups in total. The molecule has 9 nitrogen and oxygen atoms in total. The zero-order chi connectivity index (χ0) is 25.3. The van der Waals surface area contributed by atoms with Crippen molar-refractivity contribution in [2.24, 2.45) is 0 Å². The van der Waals surface area contributed by atoms with Crippen molar-refractivity contribution in [1.29, 1.82) is 0 Å². The van der Waals surface area contributed by atoms with E-state index in [1.807, 2.05) is 37.2 Å². The Bertz CT molecular complexity index is 1310. The number of imidazole rings is 1. The molecule has 1 aliphatic rings. The minimum absolute atomic E-state index is 0.000147. The summed E-state index contributed by atoms with van der Waals surface area (Å²) in [7, 11) is 6.93. The first-order chi connectivity index (χ1) is 16.8. The lowest BCUT2D eigenvalue weighted by Crippen LogP contribution is -2.32. The number of aryl methyl sites for hydroxylation is 1. The largest absolute Gasteiger partial charge is 0.505 e. The van der Waals surface area contributed by atoms with Crippen molar-refractivity contribution < 1.29 is 24.2 Å². The first-order valence-electron chi connectivity index (χ1n) is 11.4. The fourth-order valence-electron chi connectivity index (χ4n) is 4.64. The smallest absolute Gasteiger partial charge is 0.295 e. The van der Waals surface area contributed by atoms with Crippen LogP contribution in [0, 0.1) is 6.92 Å². The van der Waals surface area contributed by atoms with E-state index in [2.05, 4.69) is 4.98 Å². The predicted molar refractivity (Wildman–Crippen MR) is 132 cm³/mol. The number of hydrogen-bond acceptors (Lipinski definition) is 7. The third kappa shape index (κ3) is 4.23. The van der Waals surface area contributed by atoms with Crippen LogP contribution >= 0.6 is 0 Å². The van der Waals surface area contributed by atoms with E-state index >= 15 is 0 Å². The highest BCUT2D eigenvalue weighted by Crippen LogP contribution is 2.45. The van der Waals surface area contributed by atoms with Gasteiger partial charge in [0, 0.05) is 18.3 Å². The van der Waals surface area contributed by atoms with Crippen molar-refractivity contribution in [3.8, 4) is 11.5 Å². The second kappa shape index (κ2) is 9.79. The van der Waals surface area contributed by atoms with Crippen LogP contribution in [0.5, 0.6) is 11.5 Å². The van der Waals surface area contributed by atoms with Crippen LogP contribution in [0.25, 0.3) is 11.4 Å². The molecule has 1 amide bonds. The second-order valence-electron chi connectivity index (χ2n) is 8.71. The number of carbonyl (C=O) groups excluding carboxylic acids is 2. The van der Waals surface area contributed by atoms with Crippen molar-refractivity contribution in [2.45, 2.75) is 19.4 Å². The van der Waals surface area contributed by atoms with Gasteiger partial charge in [-0.3, -0.25) is 14.0 Å². The van der Waals surface area contributed by atoms with Crippen LogP contribution in [0.15, 0.2) is 48.2 Å². The van der Waals surface area contributed by atoms with Gasteiger partial charge in [-0.05, 0) is 52.2 Å². The lowest BCUT2D eigenvalue weighted by atomic mass is 9.95. The summed E-state index contributed by atoms with van der Waals surface area (Å²) in [5.74, 6) is -0.807. The van der Waals surface area contributed by atoms with Gasteiger partial charge in [0.05, 0.1) is 31.5 Å². The summed E-state index contributed by atoms with van der Waals surface area (Å²) in [5, 5.41) is 11.6. The fraction of sp³-hybridized carbons (Fsp3) is 0.346. The molecule has 0 spiro atoms. The van der Waals surface area contributed by atoms with Gasteiger partial charge in [-0.15, -0.1) is 0 Å². The van der Waals surface area contributed by atoms with E-state index in [0.29, 0.717) is 47.1 Å². The number of methoxy groups -OCH3 is 2. The van der Waals surface area contributed by atoms with Crippen LogP contribution in [0.1, 0.15) is 29.4 Å². The average molecular weight is 479 g/mol.